The maximum absolute atomic E-state index is 13.4. The molecule has 0 aliphatic carbocycles. The lowest BCUT2D eigenvalue weighted by Crippen LogP contribution is -2.19. The van der Waals surface area contributed by atoms with Crippen LogP contribution in [0.2, 0.25) is 0 Å². The second-order valence-electron chi connectivity index (χ2n) is 4.53. The average molecular weight is 336 g/mol. The first-order valence-electron chi connectivity index (χ1n) is 6.61. The van der Waals surface area contributed by atoms with Gasteiger partial charge in [0.15, 0.2) is 16.7 Å². The van der Waals surface area contributed by atoms with Crippen molar-refractivity contribution in [1.29, 1.82) is 0 Å². The van der Waals surface area contributed by atoms with Gasteiger partial charge in [-0.15, -0.1) is 11.3 Å². The number of halogens is 1. The molecule has 0 fully saturated rings. The van der Waals surface area contributed by atoms with E-state index in [1.54, 1.807) is 31.3 Å². The zero-order valence-corrected chi connectivity index (χ0v) is 13.4. The molecule has 0 bridgehead atoms. The number of aromatic nitrogens is 2. The van der Waals surface area contributed by atoms with Gasteiger partial charge in [-0.25, -0.2) is 9.37 Å². The molecule has 0 aliphatic heterocycles. The molecule has 0 saturated heterocycles. The van der Waals surface area contributed by atoms with Gasteiger partial charge in [0.25, 0.3) is 5.56 Å². The number of hydrogen-bond acceptors (Lipinski definition) is 5. The normalized spacial score (nSPS) is 11.0. The molecule has 2 heterocycles. The van der Waals surface area contributed by atoms with E-state index in [4.69, 9.17) is 4.74 Å². The van der Waals surface area contributed by atoms with Gasteiger partial charge >= 0.3 is 0 Å². The van der Waals surface area contributed by atoms with Gasteiger partial charge < -0.3 is 4.74 Å². The van der Waals surface area contributed by atoms with Gasteiger partial charge in [0.1, 0.15) is 4.83 Å². The van der Waals surface area contributed by atoms with E-state index in [9.17, 15) is 9.18 Å². The van der Waals surface area contributed by atoms with Crippen molar-refractivity contribution >= 4 is 33.3 Å². The molecule has 0 saturated carbocycles. The van der Waals surface area contributed by atoms with Crippen molar-refractivity contribution in [2.45, 2.75) is 5.16 Å². The fraction of sp³-hybridized carbons (Fsp3) is 0.200. The highest BCUT2D eigenvalue weighted by atomic mass is 32.2. The molecular formula is C15H13FN2O2S2. The Morgan fingerprint density at radius 2 is 2.18 bits per heavy atom. The summed E-state index contributed by atoms with van der Waals surface area (Å²) in [4.78, 5) is 17.4. The summed E-state index contributed by atoms with van der Waals surface area (Å²) in [6, 6.07) is 8.07. The number of hydrogen-bond donors (Lipinski definition) is 0. The van der Waals surface area contributed by atoms with E-state index in [0.29, 0.717) is 22.9 Å². The van der Waals surface area contributed by atoms with Crippen LogP contribution < -0.4 is 10.3 Å². The molecule has 22 heavy (non-hydrogen) atoms. The monoisotopic (exact) mass is 336 g/mol. The van der Waals surface area contributed by atoms with Gasteiger partial charge in [-0.1, -0.05) is 23.9 Å². The van der Waals surface area contributed by atoms with Crippen molar-refractivity contribution in [2.24, 2.45) is 7.05 Å². The Morgan fingerprint density at radius 3 is 3.00 bits per heavy atom. The van der Waals surface area contributed by atoms with Crippen LogP contribution in [0.25, 0.3) is 10.2 Å². The Hall–Kier alpha value is -1.86. The maximum Gasteiger partial charge on any atom is 0.262 e. The standard InChI is InChI=1S/C15H13FN2O2S2/c1-18-14(19)10-6-8-21-13(10)17-15(18)22-9-7-20-12-5-3-2-4-11(12)16/h2-6,8H,7,9H2,1H3. The van der Waals surface area contributed by atoms with Crippen molar-refractivity contribution in [1.82, 2.24) is 9.55 Å². The van der Waals surface area contributed by atoms with Crippen LogP contribution >= 0.6 is 23.1 Å². The molecule has 1 aromatic carbocycles. The van der Waals surface area contributed by atoms with E-state index < -0.39 is 0 Å². The highest BCUT2D eigenvalue weighted by molar-refractivity contribution is 7.99. The molecule has 114 valence electrons. The molecule has 3 rings (SSSR count). The molecule has 0 amide bonds. The first-order chi connectivity index (χ1) is 10.7. The quantitative estimate of drug-likeness (QED) is 0.407. The van der Waals surface area contributed by atoms with E-state index in [-0.39, 0.29) is 17.1 Å². The summed E-state index contributed by atoms with van der Waals surface area (Å²) in [5.41, 5.74) is -0.0521. The minimum absolute atomic E-state index is 0.0521. The fourth-order valence-electron chi connectivity index (χ4n) is 1.96. The third kappa shape index (κ3) is 3.00. The largest absolute Gasteiger partial charge is 0.490 e. The summed E-state index contributed by atoms with van der Waals surface area (Å²) in [6.07, 6.45) is 0. The van der Waals surface area contributed by atoms with Crippen LogP contribution in [0.1, 0.15) is 0 Å². The van der Waals surface area contributed by atoms with Gasteiger partial charge in [0.2, 0.25) is 0 Å². The van der Waals surface area contributed by atoms with Crippen LogP contribution in [0.4, 0.5) is 4.39 Å². The van der Waals surface area contributed by atoms with Crippen molar-refractivity contribution < 1.29 is 9.13 Å². The Labute approximate surface area is 134 Å². The molecule has 0 atom stereocenters. The highest BCUT2D eigenvalue weighted by Crippen LogP contribution is 2.21. The smallest absolute Gasteiger partial charge is 0.262 e. The Balaban J connectivity index is 1.66. The number of thioether (sulfide) groups is 1. The minimum atomic E-state index is -0.377. The average Bonchev–Trinajstić information content (AvgIpc) is 2.98. The molecule has 7 heteroatoms. The topological polar surface area (TPSA) is 44.1 Å². The van der Waals surface area contributed by atoms with Crippen molar-refractivity contribution in [3.63, 3.8) is 0 Å². The fourth-order valence-corrected chi connectivity index (χ4v) is 3.55. The number of nitrogens with zero attached hydrogens (tertiary/aromatic N) is 2. The molecule has 0 radical (unpaired) electrons. The molecule has 0 unspecified atom stereocenters. The number of thiophene rings is 1. The summed E-state index contributed by atoms with van der Waals surface area (Å²) < 4.78 is 20.3. The Bertz CT molecular complexity index is 860. The van der Waals surface area contributed by atoms with Crippen molar-refractivity contribution in [3.05, 3.63) is 51.9 Å². The molecular weight excluding hydrogens is 323 g/mol. The third-order valence-electron chi connectivity index (χ3n) is 3.07. The predicted molar refractivity (Wildman–Crippen MR) is 87.5 cm³/mol. The van der Waals surface area contributed by atoms with E-state index in [2.05, 4.69) is 4.98 Å². The van der Waals surface area contributed by atoms with Crippen LogP contribution in [0, 0.1) is 5.82 Å². The summed E-state index contributed by atoms with van der Waals surface area (Å²) in [7, 11) is 1.70. The zero-order valence-electron chi connectivity index (χ0n) is 11.8. The van der Waals surface area contributed by atoms with Crippen LogP contribution in [0.15, 0.2) is 45.7 Å². The van der Waals surface area contributed by atoms with E-state index in [1.807, 2.05) is 5.38 Å². The first-order valence-corrected chi connectivity index (χ1v) is 8.47. The summed E-state index contributed by atoms with van der Waals surface area (Å²) >= 11 is 2.86. The van der Waals surface area contributed by atoms with Gasteiger partial charge in [-0.05, 0) is 23.6 Å². The highest BCUT2D eigenvalue weighted by Gasteiger charge is 2.09. The summed E-state index contributed by atoms with van der Waals surface area (Å²) in [5.74, 6) is 0.433. The second-order valence-corrected chi connectivity index (χ2v) is 6.48. The SMILES string of the molecule is Cn1c(SCCOc2ccccc2F)nc2sccc2c1=O. The molecule has 0 spiro atoms. The van der Waals surface area contributed by atoms with Gasteiger partial charge in [-0.2, -0.15) is 0 Å². The van der Waals surface area contributed by atoms with Gasteiger partial charge in [-0.3, -0.25) is 9.36 Å². The third-order valence-corrected chi connectivity index (χ3v) is 4.87. The van der Waals surface area contributed by atoms with Gasteiger partial charge in [0.05, 0.1) is 12.0 Å². The zero-order chi connectivity index (χ0) is 15.5. The van der Waals surface area contributed by atoms with Crippen molar-refractivity contribution in [3.8, 4) is 5.75 Å². The van der Waals surface area contributed by atoms with Gasteiger partial charge in [0, 0.05) is 12.8 Å². The molecule has 3 aromatic rings. The van der Waals surface area contributed by atoms with E-state index >= 15 is 0 Å². The number of ether oxygens (including phenoxy) is 1. The number of benzene rings is 1. The summed E-state index contributed by atoms with van der Waals surface area (Å²) in [5, 5.41) is 3.13. The van der Waals surface area contributed by atoms with E-state index in [0.717, 1.165) is 4.83 Å². The first kappa shape index (κ1) is 15.1. The van der Waals surface area contributed by atoms with E-state index in [1.165, 1.54) is 33.7 Å². The number of fused-ring (bicyclic) bond motifs is 1. The predicted octanol–water partition coefficient (Wildman–Crippen LogP) is 3.31. The lowest BCUT2D eigenvalue weighted by Gasteiger charge is -2.08. The molecule has 0 N–H and O–H groups in total. The van der Waals surface area contributed by atoms with Crippen LogP contribution in [-0.2, 0) is 7.05 Å². The lowest BCUT2D eigenvalue weighted by atomic mass is 10.3. The maximum atomic E-state index is 13.4. The van der Waals surface area contributed by atoms with Crippen LogP contribution in [0.5, 0.6) is 5.75 Å². The minimum Gasteiger partial charge on any atom is -0.490 e. The Morgan fingerprint density at radius 1 is 1.36 bits per heavy atom. The molecule has 2 aromatic heterocycles. The molecule has 0 aliphatic rings. The second kappa shape index (κ2) is 6.50. The Kier molecular flexibility index (Phi) is 4.44. The van der Waals surface area contributed by atoms with Crippen LogP contribution in [0.3, 0.4) is 0 Å². The summed E-state index contributed by atoms with van der Waals surface area (Å²) in [6.45, 7) is 0.337. The molecule has 4 nitrogen and oxygen atoms in total. The van der Waals surface area contributed by atoms with Crippen molar-refractivity contribution in [2.75, 3.05) is 12.4 Å². The lowest BCUT2D eigenvalue weighted by molar-refractivity contribution is 0.325. The number of rotatable bonds is 5. The van der Waals surface area contributed by atoms with Crippen LogP contribution in [-0.4, -0.2) is 21.9 Å². The number of para-hydroxylation sites is 1.